The molecule has 0 atom stereocenters. The van der Waals surface area contributed by atoms with Crippen LogP contribution in [0.5, 0.6) is 0 Å². The Morgan fingerprint density at radius 2 is 0.385 bits per heavy atom. The first kappa shape index (κ1) is 61.3. The normalized spacial score (nSPS) is 11.5. The van der Waals surface area contributed by atoms with Crippen molar-refractivity contribution in [3.05, 3.63) is 413 Å². The molecular weight excluding hydrogens is 1260 g/mol. The van der Waals surface area contributed by atoms with Gasteiger partial charge in [-0.3, -0.25) is 0 Å². The van der Waals surface area contributed by atoms with Crippen LogP contribution in [0.15, 0.2) is 413 Å². The van der Waals surface area contributed by atoms with E-state index in [0.717, 1.165) is 45.5 Å². The van der Waals surface area contributed by atoms with Gasteiger partial charge in [-0.1, -0.05) is 279 Å². The molecule has 0 aliphatic carbocycles. The fourth-order valence-corrected chi connectivity index (χ4v) is 15.6. The van der Waals surface area contributed by atoms with Crippen LogP contribution in [0.3, 0.4) is 0 Å². The lowest BCUT2D eigenvalue weighted by Gasteiger charge is -2.26. The molecule has 0 aliphatic rings. The Balaban J connectivity index is 0.000000143. The fourth-order valence-electron chi connectivity index (χ4n) is 15.6. The van der Waals surface area contributed by atoms with Gasteiger partial charge in [0.15, 0.2) is 0 Å². The summed E-state index contributed by atoms with van der Waals surface area (Å²) in [5.41, 5.74) is 23.5. The summed E-state index contributed by atoms with van der Waals surface area (Å²) in [5.74, 6) is 0. The fraction of sp³-hybridized carbons (Fsp3) is 0. The number of aromatic nitrogens is 2. The highest BCUT2D eigenvalue weighted by Crippen LogP contribution is 2.42. The molecule has 0 spiro atoms. The molecule has 0 saturated carbocycles. The van der Waals surface area contributed by atoms with Crippen molar-refractivity contribution in [2.45, 2.75) is 0 Å². The molecule has 4 nitrogen and oxygen atoms in total. The minimum atomic E-state index is 1.11. The van der Waals surface area contributed by atoms with Crippen molar-refractivity contribution in [3.8, 4) is 55.9 Å². The summed E-state index contributed by atoms with van der Waals surface area (Å²) < 4.78 is 4.73. The smallest absolute Gasteiger partial charge is 0.0541 e. The molecule has 18 aromatic carbocycles. The molecule has 20 rings (SSSR count). The third-order valence-electron chi connectivity index (χ3n) is 20.8. The van der Waals surface area contributed by atoms with Crippen molar-refractivity contribution in [3.63, 3.8) is 0 Å². The second-order valence-electron chi connectivity index (χ2n) is 26.8. The van der Waals surface area contributed by atoms with Gasteiger partial charge in [-0.05, 0) is 221 Å². The second-order valence-corrected chi connectivity index (χ2v) is 26.8. The predicted octanol–water partition coefficient (Wildman–Crippen LogP) is 27.8. The zero-order valence-electron chi connectivity index (χ0n) is 57.0. The lowest BCUT2D eigenvalue weighted by molar-refractivity contribution is 1.18. The molecule has 0 amide bonds. The molecular formula is C100H68N4. The Hall–Kier alpha value is -13.8. The Morgan fingerprint density at radius 1 is 0.144 bits per heavy atom. The van der Waals surface area contributed by atoms with Gasteiger partial charge in [0.05, 0.1) is 22.1 Å². The van der Waals surface area contributed by atoms with Crippen molar-refractivity contribution >= 4 is 121 Å². The van der Waals surface area contributed by atoms with Crippen LogP contribution in [0, 0.1) is 0 Å². The maximum atomic E-state index is 2.36. The summed E-state index contributed by atoms with van der Waals surface area (Å²) in [6.45, 7) is 0. The van der Waals surface area contributed by atoms with E-state index in [2.05, 4.69) is 431 Å². The zero-order valence-corrected chi connectivity index (χ0v) is 57.0. The molecule has 0 N–H and O–H groups in total. The van der Waals surface area contributed by atoms with Crippen molar-refractivity contribution in [1.82, 2.24) is 9.13 Å². The van der Waals surface area contributed by atoms with Gasteiger partial charge in [-0.15, -0.1) is 0 Å². The van der Waals surface area contributed by atoms with E-state index in [1.54, 1.807) is 0 Å². The Kier molecular flexibility index (Phi) is 15.5. The minimum absolute atomic E-state index is 1.11. The summed E-state index contributed by atoms with van der Waals surface area (Å²) in [6.07, 6.45) is 0. The van der Waals surface area contributed by atoms with Crippen molar-refractivity contribution in [2.75, 3.05) is 9.80 Å². The number of anilines is 6. The zero-order chi connectivity index (χ0) is 68.9. The lowest BCUT2D eigenvalue weighted by atomic mass is 9.97. The van der Waals surface area contributed by atoms with Crippen molar-refractivity contribution in [1.29, 1.82) is 0 Å². The van der Waals surface area contributed by atoms with E-state index in [-0.39, 0.29) is 0 Å². The molecule has 0 bridgehead atoms. The van der Waals surface area contributed by atoms with Gasteiger partial charge in [0, 0.05) is 67.0 Å². The van der Waals surface area contributed by atoms with E-state index in [9.17, 15) is 0 Å². The molecule has 0 aliphatic heterocycles. The van der Waals surface area contributed by atoms with E-state index < -0.39 is 0 Å². The predicted molar refractivity (Wildman–Crippen MR) is 443 cm³/mol. The molecule has 2 heterocycles. The summed E-state index contributed by atoms with van der Waals surface area (Å²) >= 11 is 0. The molecule has 4 heteroatoms. The van der Waals surface area contributed by atoms with Crippen molar-refractivity contribution in [2.24, 2.45) is 0 Å². The summed E-state index contributed by atoms with van der Waals surface area (Å²) in [7, 11) is 0. The molecule has 0 radical (unpaired) electrons. The monoisotopic (exact) mass is 1320 g/mol. The van der Waals surface area contributed by atoms with E-state index in [4.69, 9.17) is 0 Å². The van der Waals surface area contributed by atoms with Crippen LogP contribution < -0.4 is 9.80 Å². The quantitative estimate of drug-likeness (QED) is 0.113. The van der Waals surface area contributed by atoms with Crippen LogP contribution in [0.1, 0.15) is 0 Å². The molecule has 2 aromatic heterocycles. The number of benzene rings is 18. The first-order chi connectivity index (χ1) is 51.6. The highest BCUT2D eigenvalue weighted by molar-refractivity contribution is 6.12. The average molecular weight is 1330 g/mol. The van der Waals surface area contributed by atoms with E-state index in [1.807, 2.05) is 0 Å². The van der Waals surface area contributed by atoms with E-state index in [0.29, 0.717) is 0 Å². The van der Waals surface area contributed by atoms with Crippen LogP contribution in [-0.2, 0) is 0 Å². The Bertz CT molecular complexity index is 6430. The number of para-hydroxylation sites is 6. The third-order valence-corrected chi connectivity index (χ3v) is 20.8. The first-order valence-electron chi connectivity index (χ1n) is 35.7. The van der Waals surface area contributed by atoms with Crippen molar-refractivity contribution < 1.29 is 0 Å². The van der Waals surface area contributed by atoms with Crippen LogP contribution >= 0.6 is 0 Å². The highest BCUT2D eigenvalue weighted by Gasteiger charge is 2.19. The number of fused-ring (bicyclic) bond motifs is 12. The number of hydrogen-bond donors (Lipinski definition) is 0. The summed E-state index contributed by atoms with van der Waals surface area (Å²) in [6, 6.07) is 149. The first-order valence-corrected chi connectivity index (χ1v) is 35.7. The number of nitrogens with zero attached hydrogens (tertiary/aromatic N) is 4. The summed E-state index contributed by atoms with van der Waals surface area (Å²) in [4.78, 5) is 4.65. The molecule has 0 fully saturated rings. The average Bonchev–Trinajstić information content (AvgIpc) is 1.61. The number of hydrogen-bond acceptors (Lipinski definition) is 2. The summed E-state index contributed by atoms with van der Waals surface area (Å²) in [5, 5.41) is 15.3. The largest absolute Gasteiger partial charge is 0.311 e. The number of rotatable bonds is 12. The molecule has 20 aromatic rings. The SMILES string of the molecule is c1ccc(N(c2ccc(-c3ccc(-n4c5ccccc5c5ccccc54)cc3)cc2)c2ccc(-c3ccc4c(ccc5ccccc54)c3)cc2)cc1.c1ccc(N(c2ccc(-c3ccc(-n4c5ccccc5c5ccccc54)cc3)cc2)c2ccc(-c3ccc4ccc5ccccc5c4c3)cc2)cc1. The van der Waals surface area contributed by atoms with Gasteiger partial charge in [-0.25, -0.2) is 0 Å². The van der Waals surface area contributed by atoms with Gasteiger partial charge in [0.1, 0.15) is 0 Å². The maximum absolute atomic E-state index is 2.36. The van der Waals surface area contributed by atoms with Crippen LogP contribution in [0.2, 0.25) is 0 Å². The third kappa shape index (κ3) is 11.2. The molecule has 488 valence electrons. The Labute approximate surface area is 604 Å². The van der Waals surface area contributed by atoms with E-state index in [1.165, 1.54) is 131 Å². The molecule has 0 saturated heterocycles. The minimum Gasteiger partial charge on any atom is -0.311 e. The molecule has 0 unspecified atom stereocenters. The highest BCUT2D eigenvalue weighted by atomic mass is 15.1. The Morgan fingerprint density at radius 3 is 0.769 bits per heavy atom. The van der Waals surface area contributed by atoms with Gasteiger partial charge in [0.2, 0.25) is 0 Å². The van der Waals surface area contributed by atoms with Gasteiger partial charge in [0.25, 0.3) is 0 Å². The standard InChI is InChI=1S/2C50H34N2/c1-2-11-41(12-3-1)51(43-29-24-37(25-30-43)39-26-33-46-40(34-39)19-18-38-10-4-5-13-45(38)46)42-27-20-35(21-28-42)36-22-31-44(32-23-36)52-49-16-8-6-14-47(49)48-15-7-9-17-50(48)52;1-2-11-41(12-3-1)51(43-30-26-37(27-31-43)40-21-20-39-19-18-38-10-4-5-13-45(38)48(39)34-40)42-28-22-35(23-29-42)36-24-32-44(33-25-36)52-49-16-8-6-14-46(49)47-15-7-9-17-50(47)52/h2*1-34H. The van der Waals surface area contributed by atoms with Gasteiger partial charge >= 0.3 is 0 Å². The van der Waals surface area contributed by atoms with Crippen LogP contribution in [0.4, 0.5) is 34.1 Å². The lowest BCUT2D eigenvalue weighted by Crippen LogP contribution is -2.09. The molecule has 104 heavy (non-hydrogen) atoms. The second kappa shape index (κ2) is 26.4. The van der Waals surface area contributed by atoms with Crippen LogP contribution in [0.25, 0.3) is 143 Å². The van der Waals surface area contributed by atoms with Gasteiger partial charge < -0.3 is 18.9 Å². The topological polar surface area (TPSA) is 16.3 Å². The van der Waals surface area contributed by atoms with E-state index >= 15 is 0 Å². The van der Waals surface area contributed by atoms with Gasteiger partial charge in [-0.2, -0.15) is 0 Å². The van der Waals surface area contributed by atoms with Crippen LogP contribution in [-0.4, -0.2) is 9.13 Å². The maximum Gasteiger partial charge on any atom is 0.0541 e.